The van der Waals surface area contributed by atoms with Gasteiger partial charge in [-0.3, -0.25) is 0 Å². The molecule has 0 bridgehead atoms. The first kappa shape index (κ1) is 10.7. The lowest BCUT2D eigenvalue weighted by Crippen LogP contribution is -2.04. The van der Waals surface area contributed by atoms with Gasteiger partial charge in [0.05, 0.1) is 12.8 Å². The van der Waals surface area contributed by atoms with Crippen molar-refractivity contribution in [3.05, 3.63) is 36.2 Å². The predicted molar refractivity (Wildman–Crippen MR) is 61.3 cm³/mol. The lowest BCUT2D eigenvalue weighted by Gasteiger charge is -1.99. The third-order valence-corrected chi connectivity index (χ3v) is 2.25. The molecule has 0 radical (unpaired) electrons. The molecule has 0 aliphatic carbocycles. The molecular weight excluding hydrogens is 204 g/mol. The molecule has 4 nitrogen and oxygen atoms in total. The minimum absolute atomic E-state index is 0.632. The number of methoxy groups -OCH3 is 1. The molecule has 0 saturated carbocycles. The maximum absolute atomic E-state index is 5.38. The van der Waals surface area contributed by atoms with Gasteiger partial charge in [0.1, 0.15) is 12.0 Å². The first-order valence-corrected chi connectivity index (χ1v) is 5.07. The molecule has 2 rings (SSSR count). The molecule has 0 atom stereocenters. The molecule has 0 saturated heterocycles. The average Bonchev–Trinajstić information content (AvgIpc) is 2.78. The number of oxazole rings is 1. The number of nitrogens with zero attached hydrogens (tertiary/aromatic N) is 1. The molecular formula is C12H14N2O2. The number of hydrogen-bond acceptors (Lipinski definition) is 4. The monoisotopic (exact) mass is 218 g/mol. The second-order valence-corrected chi connectivity index (χ2v) is 3.40. The number of nitrogens with one attached hydrogen (secondary N) is 1. The van der Waals surface area contributed by atoms with Crippen LogP contribution in [-0.4, -0.2) is 19.1 Å². The van der Waals surface area contributed by atoms with Crippen molar-refractivity contribution in [1.29, 1.82) is 0 Å². The molecule has 1 aromatic carbocycles. The van der Waals surface area contributed by atoms with Crippen molar-refractivity contribution in [3.63, 3.8) is 0 Å². The topological polar surface area (TPSA) is 47.3 Å². The quantitative estimate of drug-likeness (QED) is 0.853. The highest BCUT2D eigenvalue weighted by atomic mass is 16.5. The largest absolute Gasteiger partial charge is 0.497 e. The van der Waals surface area contributed by atoms with Crippen LogP contribution in [0, 0.1) is 0 Å². The lowest BCUT2D eigenvalue weighted by molar-refractivity contribution is 0.415. The third-order valence-electron chi connectivity index (χ3n) is 2.25. The molecule has 0 amide bonds. The van der Waals surface area contributed by atoms with Gasteiger partial charge in [-0.1, -0.05) is 0 Å². The van der Waals surface area contributed by atoms with Crippen LogP contribution in [0.2, 0.25) is 0 Å². The summed E-state index contributed by atoms with van der Waals surface area (Å²) in [5, 5.41) is 3.02. The van der Waals surface area contributed by atoms with E-state index >= 15 is 0 Å². The van der Waals surface area contributed by atoms with E-state index in [1.807, 2.05) is 31.3 Å². The second kappa shape index (κ2) is 4.81. The zero-order chi connectivity index (χ0) is 11.4. The summed E-state index contributed by atoms with van der Waals surface area (Å²) in [6.45, 7) is 0.708. The summed E-state index contributed by atoms with van der Waals surface area (Å²) in [7, 11) is 3.52. The van der Waals surface area contributed by atoms with Crippen LogP contribution in [-0.2, 0) is 6.54 Å². The van der Waals surface area contributed by atoms with Crippen LogP contribution in [0.5, 0.6) is 5.75 Å². The molecule has 0 fully saturated rings. The molecule has 0 spiro atoms. The van der Waals surface area contributed by atoms with Crippen molar-refractivity contribution in [2.45, 2.75) is 6.54 Å². The van der Waals surface area contributed by atoms with Crippen molar-refractivity contribution < 1.29 is 9.15 Å². The number of rotatable bonds is 4. The molecule has 4 heteroatoms. The Bertz CT molecular complexity index is 448. The summed E-state index contributed by atoms with van der Waals surface area (Å²) in [5.74, 6) is 1.46. The fourth-order valence-corrected chi connectivity index (χ4v) is 1.44. The second-order valence-electron chi connectivity index (χ2n) is 3.40. The summed E-state index contributed by atoms with van der Waals surface area (Å²) >= 11 is 0. The fraction of sp³-hybridized carbons (Fsp3) is 0.250. The van der Waals surface area contributed by atoms with Gasteiger partial charge < -0.3 is 14.5 Å². The smallest absolute Gasteiger partial charge is 0.226 e. The van der Waals surface area contributed by atoms with Gasteiger partial charge in [0.15, 0.2) is 0 Å². The van der Waals surface area contributed by atoms with E-state index in [1.165, 1.54) is 0 Å². The van der Waals surface area contributed by atoms with Crippen molar-refractivity contribution in [2.24, 2.45) is 0 Å². The van der Waals surface area contributed by atoms with Crippen molar-refractivity contribution in [2.75, 3.05) is 14.2 Å². The Morgan fingerprint density at radius 2 is 2.06 bits per heavy atom. The maximum atomic E-state index is 5.38. The Hall–Kier alpha value is -1.81. The molecule has 2 aromatic rings. The SMILES string of the molecule is CNCc1coc(-c2ccc(OC)cc2)n1. The predicted octanol–water partition coefficient (Wildman–Crippen LogP) is 2.07. The summed E-state index contributed by atoms with van der Waals surface area (Å²) in [5.41, 5.74) is 1.84. The van der Waals surface area contributed by atoms with E-state index in [0.717, 1.165) is 17.0 Å². The van der Waals surface area contributed by atoms with Crippen molar-refractivity contribution in [3.8, 4) is 17.2 Å². The van der Waals surface area contributed by atoms with Crippen LogP contribution in [0.15, 0.2) is 34.9 Å². The molecule has 0 unspecified atom stereocenters. The normalized spacial score (nSPS) is 10.4. The minimum atomic E-state index is 0.632. The molecule has 0 aliphatic heterocycles. The van der Waals surface area contributed by atoms with Gasteiger partial charge in [-0.15, -0.1) is 0 Å². The zero-order valence-corrected chi connectivity index (χ0v) is 9.36. The number of ether oxygens (including phenoxy) is 1. The van der Waals surface area contributed by atoms with E-state index in [4.69, 9.17) is 9.15 Å². The maximum Gasteiger partial charge on any atom is 0.226 e. The highest BCUT2D eigenvalue weighted by Crippen LogP contribution is 2.21. The van der Waals surface area contributed by atoms with E-state index in [0.29, 0.717) is 12.4 Å². The molecule has 1 N–H and O–H groups in total. The first-order chi connectivity index (χ1) is 7.83. The Balaban J connectivity index is 2.21. The van der Waals surface area contributed by atoms with E-state index in [9.17, 15) is 0 Å². The van der Waals surface area contributed by atoms with E-state index in [1.54, 1.807) is 13.4 Å². The van der Waals surface area contributed by atoms with Crippen molar-refractivity contribution in [1.82, 2.24) is 10.3 Å². The van der Waals surface area contributed by atoms with E-state index in [2.05, 4.69) is 10.3 Å². The number of hydrogen-bond donors (Lipinski definition) is 1. The standard InChI is InChI=1S/C12H14N2O2/c1-13-7-10-8-16-12(14-10)9-3-5-11(15-2)6-4-9/h3-6,8,13H,7H2,1-2H3. The Labute approximate surface area is 94.3 Å². The highest BCUT2D eigenvalue weighted by molar-refractivity contribution is 5.54. The molecule has 16 heavy (non-hydrogen) atoms. The summed E-state index contributed by atoms with van der Waals surface area (Å²) in [4.78, 5) is 4.36. The van der Waals surface area contributed by atoms with Crippen LogP contribution < -0.4 is 10.1 Å². The molecule has 84 valence electrons. The minimum Gasteiger partial charge on any atom is -0.497 e. The Kier molecular flexibility index (Phi) is 3.22. The molecule has 1 heterocycles. The zero-order valence-electron chi connectivity index (χ0n) is 9.36. The van der Waals surface area contributed by atoms with Gasteiger partial charge >= 0.3 is 0 Å². The van der Waals surface area contributed by atoms with Crippen LogP contribution in [0.25, 0.3) is 11.5 Å². The number of aromatic nitrogens is 1. The van der Waals surface area contributed by atoms with E-state index in [-0.39, 0.29) is 0 Å². The van der Waals surface area contributed by atoms with Gasteiger partial charge in [-0.25, -0.2) is 4.98 Å². The first-order valence-electron chi connectivity index (χ1n) is 5.07. The third kappa shape index (κ3) is 2.23. The Morgan fingerprint density at radius 3 is 2.69 bits per heavy atom. The van der Waals surface area contributed by atoms with E-state index < -0.39 is 0 Å². The summed E-state index contributed by atoms with van der Waals surface area (Å²) in [6.07, 6.45) is 1.66. The van der Waals surface area contributed by atoms with Crippen LogP contribution in [0.1, 0.15) is 5.69 Å². The van der Waals surface area contributed by atoms with Gasteiger partial charge in [0, 0.05) is 12.1 Å². The summed E-state index contributed by atoms with van der Waals surface area (Å²) in [6, 6.07) is 7.62. The Morgan fingerprint density at radius 1 is 1.31 bits per heavy atom. The number of benzene rings is 1. The lowest BCUT2D eigenvalue weighted by atomic mass is 10.2. The van der Waals surface area contributed by atoms with Crippen LogP contribution in [0.4, 0.5) is 0 Å². The molecule has 1 aromatic heterocycles. The van der Waals surface area contributed by atoms with Gasteiger partial charge in [-0.2, -0.15) is 0 Å². The van der Waals surface area contributed by atoms with Gasteiger partial charge in [0.2, 0.25) is 5.89 Å². The molecule has 0 aliphatic rings. The van der Waals surface area contributed by atoms with Crippen molar-refractivity contribution >= 4 is 0 Å². The van der Waals surface area contributed by atoms with Crippen LogP contribution >= 0.6 is 0 Å². The highest BCUT2D eigenvalue weighted by Gasteiger charge is 2.05. The summed E-state index contributed by atoms with van der Waals surface area (Å²) < 4.78 is 10.5. The van der Waals surface area contributed by atoms with Gasteiger partial charge in [0.25, 0.3) is 0 Å². The van der Waals surface area contributed by atoms with Crippen LogP contribution in [0.3, 0.4) is 0 Å². The average molecular weight is 218 g/mol. The van der Waals surface area contributed by atoms with Gasteiger partial charge in [-0.05, 0) is 31.3 Å². The fourth-order valence-electron chi connectivity index (χ4n) is 1.44.